The van der Waals surface area contributed by atoms with Gasteiger partial charge in [-0.3, -0.25) is 9.78 Å². The van der Waals surface area contributed by atoms with E-state index in [2.05, 4.69) is 11.1 Å². The zero-order chi connectivity index (χ0) is 19.0. The Morgan fingerprint density at radius 3 is 2.59 bits per heavy atom. The molecule has 0 bridgehead atoms. The summed E-state index contributed by atoms with van der Waals surface area (Å²) < 4.78 is 16.2. The predicted molar refractivity (Wildman–Crippen MR) is 103 cm³/mol. The van der Waals surface area contributed by atoms with Crippen LogP contribution in [-0.2, 0) is 11.2 Å². The van der Waals surface area contributed by atoms with Gasteiger partial charge in [-0.25, -0.2) is 0 Å². The summed E-state index contributed by atoms with van der Waals surface area (Å²) in [6.45, 7) is 2.00. The van der Waals surface area contributed by atoms with Crippen molar-refractivity contribution in [2.24, 2.45) is 0 Å². The van der Waals surface area contributed by atoms with E-state index in [0.717, 1.165) is 33.9 Å². The molecule has 0 radical (unpaired) electrons. The summed E-state index contributed by atoms with van der Waals surface area (Å²) in [4.78, 5) is 16.4. The predicted octanol–water partition coefficient (Wildman–Crippen LogP) is 4.26. The summed E-state index contributed by atoms with van der Waals surface area (Å²) in [5, 5.41) is 2.07. The lowest BCUT2D eigenvalue weighted by Gasteiger charge is -2.12. The summed E-state index contributed by atoms with van der Waals surface area (Å²) in [5.41, 5.74) is 3.19. The molecule has 4 rings (SSSR count). The highest BCUT2D eigenvalue weighted by molar-refractivity contribution is 5.89. The largest absolute Gasteiger partial charge is 0.493 e. The Hall–Kier alpha value is -3.08. The molecule has 138 valence electrons. The number of methoxy groups -OCH3 is 2. The minimum atomic E-state index is -0.171. The summed E-state index contributed by atoms with van der Waals surface area (Å²) in [6, 6.07) is 9.89. The summed E-state index contributed by atoms with van der Waals surface area (Å²) in [5.74, 6) is 1.72. The molecule has 1 unspecified atom stereocenters. The van der Waals surface area contributed by atoms with Crippen molar-refractivity contribution < 1.29 is 19.0 Å². The number of esters is 1. The van der Waals surface area contributed by atoms with Crippen molar-refractivity contribution in [1.82, 2.24) is 4.98 Å². The van der Waals surface area contributed by atoms with Crippen molar-refractivity contribution >= 4 is 16.7 Å². The minimum absolute atomic E-state index is 0.159. The average molecular weight is 363 g/mol. The Bertz CT molecular complexity index is 1030. The van der Waals surface area contributed by atoms with Crippen molar-refractivity contribution in [2.75, 3.05) is 14.2 Å². The van der Waals surface area contributed by atoms with Crippen LogP contribution in [0.4, 0.5) is 0 Å². The number of rotatable bonds is 5. The molecule has 0 spiro atoms. The van der Waals surface area contributed by atoms with Gasteiger partial charge < -0.3 is 14.2 Å². The molecule has 5 nitrogen and oxygen atoms in total. The fourth-order valence-corrected chi connectivity index (χ4v) is 3.68. The maximum absolute atomic E-state index is 12.0. The van der Waals surface area contributed by atoms with Crippen LogP contribution in [0.5, 0.6) is 17.2 Å². The van der Waals surface area contributed by atoms with Gasteiger partial charge in [0.2, 0.25) is 0 Å². The van der Waals surface area contributed by atoms with Gasteiger partial charge in [-0.15, -0.1) is 0 Å². The zero-order valence-corrected chi connectivity index (χ0v) is 15.6. The van der Waals surface area contributed by atoms with Crippen LogP contribution in [0.2, 0.25) is 0 Å². The number of fused-ring (bicyclic) bond motifs is 2. The number of carbonyl (C=O) groups is 1. The highest BCUT2D eigenvalue weighted by Gasteiger charge is 2.31. The van der Waals surface area contributed by atoms with Crippen molar-refractivity contribution in [3.63, 3.8) is 0 Å². The molecule has 1 aliphatic heterocycles. The van der Waals surface area contributed by atoms with Crippen LogP contribution in [0.1, 0.15) is 36.0 Å². The molecule has 0 saturated heterocycles. The molecule has 2 aromatic carbocycles. The highest BCUT2D eigenvalue weighted by atomic mass is 16.5. The second-order valence-corrected chi connectivity index (χ2v) is 6.66. The SMILES string of the molecule is CCC1C(=O)Oc2ccc(Cc3cncc4cc(OC)c(OC)cc34)cc21. The Kier molecular flexibility index (Phi) is 4.44. The van der Waals surface area contributed by atoms with Gasteiger partial charge in [0.05, 0.1) is 20.1 Å². The number of carbonyl (C=O) groups excluding carboxylic acids is 1. The minimum Gasteiger partial charge on any atom is -0.493 e. The Morgan fingerprint density at radius 2 is 1.85 bits per heavy atom. The van der Waals surface area contributed by atoms with Gasteiger partial charge in [0, 0.05) is 23.3 Å². The van der Waals surface area contributed by atoms with Crippen molar-refractivity contribution in [2.45, 2.75) is 25.7 Å². The molecule has 0 amide bonds. The summed E-state index contributed by atoms with van der Waals surface area (Å²) in [7, 11) is 3.26. The molecule has 0 N–H and O–H groups in total. The van der Waals surface area contributed by atoms with E-state index < -0.39 is 0 Å². The van der Waals surface area contributed by atoms with Gasteiger partial charge in [-0.1, -0.05) is 19.1 Å². The van der Waals surface area contributed by atoms with Crippen LogP contribution in [-0.4, -0.2) is 25.2 Å². The van der Waals surface area contributed by atoms with E-state index in [1.165, 1.54) is 0 Å². The molecule has 1 aliphatic rings. The Balaban J connectivity index is 1.74. The Morgan fingerprint density at radius 1 is 1.07 bits per heavy atom. The smallest absolute Gasteiger partial charge is 0.318 e. The molecule has 0 aliphatic carbocycles. The lowest BCUT2D eigenvalue weighted by molar-refractivity contribution is -0.134. The molecule has 1 aromatic heterocycles. The molecule has 2 heterocycles. The highest BCUT2D eigenvalue weighted by Crippen LogP contribution is 2.38. The van der Waals surface area contributed by atoms with Gasteiger partial charge in [-0.05, 0) is 47.6 Å². The van der Waals surface area contributed by atoms with Gasteiger partial charge in [-0.2, -0.15) is 0 Å². The van der Waals surface area contributed by atoms with E-state index in [-0.39, 0.29) is 11.9 Å². The van der Waals surface area contributed by atoms with Crippen LogP contribution in [0, 0.1) is 0 Å². The van der Waals surface area contributed by atoms with Crippen molar-refractivity contribution in [3.8, 4) is 17.2 Å². The molecule has 0 saturated carbocycles. The van der Waals surface area contributed by atoms with Crippen LogP contribution >= 0.6 is 0 Å². The molecule has 3 aromatic rings. The fourth-order valence-electron chi connectivity index (χ4n) is 3.68. The van der Waals surface area contributed by atoms with Gasteiger partial charge in [0.15, 0.2) is 11.5 Å². The molecular weight excluding hydrogens is 342 g/mol. The quantitative estimate of drug-likeness (QED) is 0.501. The average Bonchev–Trinajstić information content (AvgIpc) is 3.01. The lowest BCUT2D eigenvalue weighted by Crippen LogP contribution is -2.08. The van der Waals surface area contributed by atoms with Crippen molar-refractivity contribution in [1.29, 1.82) is 0 Å². The molecule has 1 atom stereocenters. The van der Waals surface area contributed by atoms with E-state index >= 15 is 0 Å². The third kappa shape index (κ3) is 2.99. The maximum Gasteiger partial charge on any atom is 0.318 e. The van der Waals surface area contributed by atoms with E-state index in [4.69, 9.17) is 14.2 Å². The topological polar surface area (TPSA) is 57.7 Å². The first-order valence-corrected chi connectivity index (χ1v) is 8.97. The van der Waals surface area contributed by atoms with E-state index in [0.29, 0.717) is 23.7 Å². The van der Waals surface area contributed by atoms with E-state index in [1.54, 1.807) is 14.2 Å². The molecule has 5 heteroatoms. The number of nitrogens with zero attached hydrogens (tertiary/aromatic N) is 1. The third-order valence-corrected chi connectivity index (χ3v) is 5.09. The number of ether oxygens (including phenoxy) is 3. The van der Waals surface area contributed by atoms with Gasteiger partial charge in [0.25, 0.3) is 0 Å². The van der Waals surface area contributed by atoms with E-state index in [9.17, 15) is 4.79 Å². The lowest BCUT2D eigenvalue weighted by atomic mass is 9.94. The molecule has 0 fully saturated rings. The van der Waals surface area contributed by atoms with Crippen LogP contribution in [0.25, 0.3) is 10.8 Å². The second kappa shape index (κ2) is 6.91. The second-order valence-electron chi connectivity index (χ2n) is 6.66. The van der Waals surface area contributed by atoms with Gasteiger partial charge >= 0.3 is 5.97 Å². The normalized spacial score (nSPS) is 15.5. The number of hydrogen-bond donors (Lipinski definition) is 0. The summed E-state index contributed by atoms with van der Waals surface area (Å²) in [6.07, 6.45) is 5.14. The third-order valence-electron chi connectivity index (χ3n) is 5.09. The standard InChI is InChI=1S/C22H21NO4/c1-4-16-18-8-13(5-6-19(18)27-22(16)24)7-14-11-23-12-15-9-20(25-2)21(26-3)10-17(14)15/h5-6,8-12,16H,4,7H2,1-3H3. The van der Waals surface area contributed by atoms with Crippen molar-refractivity contribution in [3.05, 3.63) is 59.4 Å². The first kappa shape index (κ1) is 17.3. The van der Waals surface area contributed by atoms with E-state index in [1.807, 2.05) is 43.6 Å². The first-order chi connectivity index (χ1) is 13.1. The summed E-state index contributed by atoms with van der Waals surface area (Å²) >= 11 is 0. The first-order valence-electron chi connectivity index (χ1n) is 8.97. The molecular formula is C22H21NO4. The zero-order valence-electron chi connectivity index (χ0n) is 15.6. The monoisotopic (exact) mass is 363 g/mol. The fraction of sp³-hybridized carbons (Fsp3) is 0.273. The van der Waals surface area contributed by atoms with Gasteiger partial charge in [0.1, 0.15) is 5.75 Å². The van der Waals surface area contributed by atoms with Crippen LogP contribution in [0.15, 0.2) is 42.7 Å². The Labute approximate surface area is 157 Å². The molecule has 27 heavy (non-hydrogen) atoms. The van der Waals surface area contributed by atoms with Crippen LogP contribution < -0.4 is 14.2 Å². The number of aromatic nitrogens is 1. The number of benzene rings is 2. The maximum atomic E-state index is 12.0. The number of hydrogen-bond acceptors (Lipinski definition) is 5. The van der Waals surface area contributed by atoms with Crippen LogP contribution in [0.3, 0.4) is 0 Å². The number of pyridine rings is 1.